The van der Waals surface area contributed by atoms with E-state index in [2.05, 4.69) is 11.7 Å². The first-order valence-electron chi connectivity index (χ1n) is 12.7. The van der Waals surface area contributed by atoms with E-state index in [1.807, 2.05) is 0 Å². The molecule has 0 aliphatic carbocycles. The van der Waals surface area contributed by atoms with E-state index in [4.69, 9.17) is 0 Å². The predicted molar refractivity (Wildman–Crippen MR) is 138 cm³/mol. The minimum absolute atomic E-state index is 0.162. The summed E-state index contributed by atoms with van der Waals surface area (Å²) in [5.41, 5.74) is 1.55. The molecule has 206 valence electrons. The third-order valence-corrected chi connectivity index (χ3v) is 6.56. The molecule has 0 atom stereocenters. The summed E-state index contributed by atoms with van der Waals surface area (Å²) in [6, 6.07) is 14.0. The van der Waals surface area contributed by atoms with Crippen molar-refractivity contribution in [1.29, 1.82) is 0 Å². The number of hydrogen-bond acceptors (Lipinski definition) is 1. The number of aryl methyl sites for hydroxylation is 3. The summed E-state index contributed by atoms with van der Waals surface area (Å²) in [6.45, 7) is 0.454. The molecule has 0 bridgehead atoms. The second-order valence-corrected chi connectivity index (χ2v) is 9.53. The molecule has 4 aromatic rings. The lowest BCUT2D eigenvalue weighted by Gasteiger charge is -2.12. The van der Waals surface area contributed by atoms with Gasteiger partial charge in [0.2, 0.25) is 0 Å². The Labute approximate surface area is 222 Å². The molecular weight excluding hydrogens is 521 g/mol. The lowest BCUT2D eigenvalue weighted by molar-refractivity contribution is -0.153. The Morgan fingerprint density at radius 2 is 1.41 bits per heavy atom. The summed E-state index contributed by atoms with van der Waals surface area (Å²) >= 11 is 0. The molecule has 1 nitrogen and oxygen atoms in total. The van der Waals surface area contributed by atoms with Gasteiger partial charge in [-0.2, -0.15) is 13.2 Å². The van der Waals surface area contributed by atoms with Gasteiger partial charge in [-0.3, -0.25) is 0 Å². The second-order valence-electron chi connectivity index (χ2n) is 9.53. The molecule has 4 aromatic carbocycles. The Balaban J connectivity index is 1.50. The van der Waals surface area contributed by atoms with Gasteiger partial charge in [0, 0.05) is 5.39 Å². The summed E-state index contributed by atoms with van der Waals surface area (Å²) in [5.74, 6) is -3.28. The molecule has 0 aromatic heterocycles. The predicted octanol–water partition coefficient (Wildman–Crippen LogP) is 9.52. The molecule has 0 radical (unpaired) electrons. The van der Waals surface area contributed by atoms with Crippen LogP contribution in [-0.4, -0.2) is 12.8 Å². The zero-order chi connectivity index (χ0) is 28.2. The molecule has 0 unspecified atom stereocenters. The third kappa shape index (κ3) is 7.11. The molecule has 0 saturated carbocycles. The van der Waals surface area contributed by atoms with Crippen molar-refractivity contribution in [2.75, 3.05) is 6.61 Å². The number of ether oxygens (including phenoxy) is 1. The van der Waals surface area contributed by atoms with Crippen LogP contribution >= 0.6 is 0 Å². The maximum absolute atomic E-state index is 15.3. The summed E-state index contributed by atoms with van der Waals surface area (Å²) in [4.78, 5) is 0. The van der Waals surface area contributed by atoms with Gasteiger partial charge in [-0.05, 0) is 83.7 Å². The fraction of sp³-hybridized carbons (Fsp3) is 0.290. The summed E-state index contributed by atoms with van der Waals surface area (Å²) in [7, 11) is 0. The zero-order valence-corrected chi connectivity index (χ0v) is 21.3. The molecular formula is C31H27F7O. The van der Waals surface area contributed by atoms with Crippen LogP contribution in [0.25, 0.3) is 21.9 Å². The Morgan fingerprint density at radius 3 is 2.08 bits per heavy atom. The highest BCUT2D eigenvalue weighted by Gasteiger charge is 2.29. The number of unbranched alkanes of at least 4 members (excludes halogenated alkanes) is 2. The van der Waals surface area contributed by atoms with Gasteiger partial charge >= 0.3 is 6.18 Å². The maximum Gasteiger partial charge on any atom is 0.422 e. The van der Waals surface area contributed by atoms with E-state index in [-0.39, 0.29) is 23.8 Å². The fourth-order valence-electron chi connectivity index (χ4n) is 4.57. The average Bonchev–Trinajstić information content (AvgIpc) is 2.87. The average molecular weight is 549 g/mol. The van der Waals surface area contributed by atoms with E-state index < -0.39 is 41.8 Å². The molecule has 0 amide bonds. The van der Waals surface area contributed by atoms with Crippen molar-refractivity contribution in [2.24, 2.45) is 0 Å². The number of halogens is 7. The summed E-state index contributed by atoms with van der Waals surface area (Å²) < 4.78 is 100. The van der Waals surface area contributed by atoms with Crippen molar-refractivity contribution < 1.29 is 35.5 Å². The number of rotatable bonds is 10. The number of fused-ring (bicyclic) bond motifs is 1. The zero-order valence-electron chi connectivity index (χ0n) is 21.3. The van der Waals surface area contributed by atoms with Crippen molar-refractivity contribution in [3.05, 3.63) is 101 Å². The third-order valence-electron chi connectivity index (χ3n) is 6.56. The van der Waals surface area contributed by atoms with Crippen molar-refractivity contribution >= 4 is 10.8 Å². The van der Waals surface area contributed by atoms with E-state index in [9.17, 15) is 26.3 Å². The molecule has 39 heavy (non-hydrogen) atoms. The fourth-order valence-corrected chi connectivity index (χ4v) is 4.57. The standard InChI is InChI=1S/C31H27F7O/c1-2-3-4-5-20-15-26(33)29(27(34)16-20)23-11-12-24-22(17-23)10-9-21(30(24)35)8-6-19-7-13-28(25(32)14-19)39-18-31(36,37)38/h7,9-17H,2-6,8,18H2,1H3. The quantitative estimate of drug-likeness (QED) is 0.142. The Kier molecular flexibility index (Phi) is 8.83. The van der Waals surface area contributed by atoms with Crippen LogP contribution in [0.4, 0.5) is 30.7 Å². The SMILES string of the molecule is CCCCCc1cc(F)c(-c2ccc3c(F)c(CCc4ccc(OCC(F)(F)F)c(F)c4)ccc3c2)c(F)c1. The minimum Gasteiger partial charge on any atom is -0.481 e. The molecule has 0 N–H and O–H groups in total. The Morgan fingerprint density at radius 1 is 0.692 bits per heavy atom. The smallest absolute Gasteiger partial charge is 0.422 e. The number of hydrogen-bond donors (Lipinski definition) is 0. The van der Waals surface area contributed by atoms with Crippen LogP contribution in [0.15, 0.2) is 60.7 Å². The number of benzene rings is 4. The minimum atomic E-state index is -4.58. The lowest BCUT2D eigenvalue weighted by atomic mass is 9.95. The van der Waals surface area contributed by atoms with E-state index in [1.165, 1.54) is 36.4 Å². The van der Waals surface area contributed by atoms with Crippen LogP contribution in [0.5, 0.6) is 5.75 Å². The summed E-state index contributed by atoms with van der Waals surface area (Å²) in [6.07, 6.45) is -0.716. The Hall–Kier alpha value is -3.55. The van der Waals surface area contributed by atoms with Crippen LogP contribution in [0.3, 0.4) is 0 Å². The monoisotopic (exact) mass is 548 g/mol. The first-order chi connectivity index (χ1) is 18.6. The van der Waals surface area contributed by atoms with Gasteiger partial charge in [0.15, 0.2) is 18.2 Å². The van der Waals surface area contributed by atoms with Crippen molar-refractivity contribution in [1.82, 2.24) is 0 Å². The highest BCUT2D eigenvalue weighted by atomic mass is 19.4. The Bertz CT molecular complexity index is 1440. The topological polar surface area (TPSA) is 9.23 Å². The van der Waals surface area contributed by atoms with E-state index in [0.717, 1.165) is 31.4 Å². The molecule has 4 rings (SSSR count). The second kappa shape index (κ2) is 12.1. The molecule has 0 aliphatic heterocycles. The van der Waals surface area contributed by atoms with Gasteiger partial charge in [-0.1, -0.05) is 50.1 Å². The van der Waals surface area contributed by atoms with Crippen LogP contribution < -0.4 is 4.74 Å². The van der Waals surface area contributed by atoms with Crippen LogP contribution in [0.1, 0.15) is 42.9 Å². The molecule has 0 aliphatic rings. The van der Waals surface area contributed by atoms with Gasteiger partial charge in [0.05, 0.1) is 5.56 Å². The van der Waals surface area contributed by atoms with E-state index in [0.29, 0.717) is 34.1 Å². The molecule has 0 saturated heterocycles. The maximum atomic E-state index is 15.3. The van der Waals surface area contributed by atoms with Gasteiger partial charge < -0.3 is 4.74 Å². The van der Waals surface area contributed by atoms with Gasteiger partial charge in [-0.25, -0.2) is 17.6 Å². The molecule has 0 spiro atoms. The number of alkyl halides is 3. The van der Waals surface area contributed by atoms with Crippen molar-refractivity contribution in [3.63, 3.8) is 0 Å². The van der Waals surface area contributed by atoms with Crippen LogP contribution in [0, 0.1) is 23.3 Å². The first-order valence-corrected chi connectivity index (χ1v) is 12.7. The normalized spacial score (nSPS) is 11.8. The van der Waals surface area contributed by atoms with E-state index >= 15 is 4.39 Å². The lowest BCUT2D eigenvalue weighted by Crippen LogP contribution is -2.19. The van der Waals surface area contributed by atoms with Crippen molar-refractivity contribution in [2.45, 2.75) is 51.6 Å². The first kappa shape index (κ1) is 28.5. The molecule has 8 heteroatoms. The molecule has 0 heterocycles. The van der Waals surface area contributed by atoms with Crippen LogP contribution in [0.2, 0.25) is 0 Å². The van der Waals surface area contributed by atoms with Gasteiger partial charge in [-0.15, -0.1) is 0 Å². The van der Waals surface area contributed by atoms with E-state index in [1.54, 1.807) is 12.1 Å². The highest BCUT2D eigenvalue weighted by molar-refractivity contribution is 5.88. The highest BCUT2D eigenvalue weighted by Crippen LogP contribution is 2.32. The van der Waals surface area contributed by atoms with Crippen LogP contribution in [-0.2, 0) is 19.3 Å². The largest absolute Gasteiger partial charge is 0.481 e. The van der Waals surface area contributed by atoms with Gasteiger partial charge in [0.1, 0.15) is 17.5 Å². The molecule has 0 fully saturated rings. The summed E-state index contributed by atoms with van der Waals surface area (Å²) in [5, 5.41) is 0.743. The van der Waals surface area contributed by atoms with Crippen molar-refractivity contribution in [3.8, 4) is 16.9 Å². The van der Waals surface area contributed by atoms with Gasteiger partial charge in [0.25, 0.3) is 0 Å².